The minimum absolute atomic E-state index is 0.210. The average Bonchev–Trinajstić information content (AvgIpc) is 3.14. The van der Waals surface area contributed by atoms with E-state index >= 15 is 0 Å². The lowest BCUT2D eigenvalue weighted by molar-refractivity contribution is 0.0718. The summed E-state index contributed by atoms with van der Waals surface area (Å²) in [5.74, 6) is 0.0779. The summed E-state index contributed by atoms with van der Waals surface area (Å²) < 4.78 is 18.6. The number of benzene rings is 2. The lowest BCUT2D eigenvalue weighted by Gasteiger charge is -2.25. The van der Waals surface area contributed by atoms with Crippen LogP contribution in [0.25, 0.3) is 0 Å². The summed E-state index contributed by atoms with van der Waals surface area (Å²) in [7, 11) is 3.88. The van der Waals surface area contributed by atoms with Gasteiger partial charge in [0.25, 0.3) is 5.91 Å². The largest absolute Gasteiger partial charge is 0.467 e. The van der Waals surface area contributed by atoms with Crippen molar-refractivity contribution in [3.63, 3.8) is 0 Å². The molecule has 27 heavy (non-hydrogen) atoms. The van der Waals surface area contributed by atoms with E-state index in [1.54, 1.807) is 17.2 Å². The van der Waals surface area contributed by atoms with Gasteiger partial charge in [-0.25, -0.2) is 4.39 Å². The Morgan fingerprint density at radius 1 is 1.07 bits per heavy atom. The Hall–Kier alpha value is -3.28. The first kappa shape index (κ1) is 18.5. The molecule has 0 spiro atoms. The highest BCUT2D eigenvalue weighted by atomic mass is 19.1. The molecule has 0 atom stereocenters. The Kier molecular flexibility index (Phi) is 5.45. The van der Waals surface area contributed by atoms with Crippen LogP contribution >= 0.6 is 0 Å². The van der Waals surface area contributed by atoms with Crippen molar-refractivity contribution in [3.8, 4) is 0 Å². The van der Waals surface area contributed by atoms with Gasteiger partial charge >= 0.3 is 0 Å². The normalized spacial score (nSPS) is 10.6. The van der Waals surface area contributed by atoms with Gasteiger partial charge < -0.3 is 20.0 Å². The number of nitrogens with zero attached hydrogens (tertiary/aromatic N) is 2. The average molecular weight is 367 g/mol. The number of nitrogen functional groups attached to an aromatic ring is 1. The van der Waals surface area contributed by atoms with Crippen LogP contribution in [0.4, 0.5) is 15.8 Å². The first-order valence-electron chi connectivity index (χ1n) is 8.57. The van der Waals surface area contributed by atoms with Gasteiger partial charge in [-0.1, -0.05) is 0 Å². The molecule has 140 valence electrons. The maximum Gasteiger partial charge on any atom is 0.254 e. The topological polar surface area (TPSA) is 62.7 Å². The zero-order valence-electron chi connectivity index (χ0n) is 15.4. The molecule has 1 amide bonds. The van der Waals surface area contributed by atoms with Crippen LogP contribution in [0, 0.1) is 5.82 Å². The number of anilines is 2. The number of rotatable bonds is 6. The molecule has 2 aromatic carbocycles. The lowest BCUT2D eigenvalue weighted by atomic mass is 10.1. The summed E-state index contributed by atoms with van der Waals surface area (Å²) in [6.07, 6.45) is 1.57. The lowest BCUT2D eigenvalue weighted by Crippen LogP contribution is -2.30. The molecule has 1 aromatic heterocycles. The third-order valence-corrected chi connectivity index (χ3v) is 4.25. The van der Waals surface area contributed by atoms with Gasteiger partial charge in [0.15, 0.2) is 0 Å². The Bertz CT molecular complexity index is 906. The molecule has 0 saturated heterocycles. The Labute approximate surface area is 157 Å². The van der Waals surface area contributed by atoms with Gasteiger partial charge in [0.2, 0.25) is 0 Å². The number of hydrogen-bond acceptors (Lipinski definition) is 4. The number of halogens is 1. The first-order valence-corrected chi connectivity index (χ1v) is 8.57. The summed E-state index contributed by atoms with van der Waals surface area (Å²) in [6.45, 7) is 0.639. The third kappa shape index (κ3) is 4.47. The standard InChI is InChI=1S/C21H22FN3O2/c1-24(2)20-10-9-18(23)12-16(20)13-25(14-19-4-3-11-27-19)21(26)15-5-7-17(22)8-6-15/h3-12H,13-14,23H2,1-2H3. The number of carbonyl (C=O) groups is 1. The molecule has 3 aromatic rings. The summed E-state index contributed by atoms with van der Waals surface area (Å²) in [5.41, 5.74) is 8.90. The van der Waals surface area contributed by atoms with Crippen LogP contribution in [0.15, 0.2) is 65.3 Å². The highest BCUT2D eigenvalue weighted by Gasteiger charge is 2.20. The van der Waals surface area contributed by atoms with Crippen molar-refractivity contribution >= 4 is 17.3 Å². The Morgan fingerprint density at radius 2 is 1.81 bits per heavy atom. The number of amides is 1. The molecular weight excluding hydrogens is 345 g/mol. The van der Waals surface area contributed by atoms with Crippen molar-refractivity contribution in [2.24, 2.45) is 0 Å². The molecule has 0 unspecified atom stereocenters. The Morgan fingerprint density at radius 3 is 2.44 bits per heavy atom. The van der Waals surface area contributed by atoms with Crippen LogP contribution in [0.2, 0.25) is 0 Å². The molecule has 0 aliphatic heterocycles. The summed E-state index contributed by atoms with van der Waals surface area (Å²) in [5, 5.41) is 0. The predicted octanol–water partition coefficient (Wildman–Crippen LogP) is 3.91. The van der Waals surface area contributed by atoms with E-state index < -0.39 is 0 Å². The minimum Gasteiger partial charge on any atom is -0.467 e. The van der Waals surface area contributed by atoms with Gasteiger partial charge in [-0.2, -0.15) is 0 Å². The number of furan rings is 1. The molecule has 0 aliphatic carbocycles. The smallest absolute Gasteiger partial charge is 0.254 e. The van der Waals surface area contributed by atoms with Crippen LogP contribution in [-0.2, 0) is 13.1 Å². The Balaban J connectivity index is 1.94. The van der Waals surface area contributed by atoms with Crippen molar-refractivity contribution in [3.05, 3.63) is 83.6 Å². The quantitative estimate of drug-likeness (QED) is 0.671. The highest BCUT2D eigenvalue weighted by Crippen LogP contribution is 2.25. The maximum absolute atomic E-state index is 13.2. The molecule has 0 bridgehead atoms. The maximum atomic E-state index is 13.2. The van der Waals surface area contributed by atoms with E-state index in [1.807, 2.05) is 43.3 Å². The molecule has 6 heteroatoms. The van der Waals surface area contributed by atoms with E-state index in [-0.39, 0.29) is 11.7 Å². The summed E-state index contributed by atoms with van der Waals surface area (Å²) >= 11 is 0. The van der Waals surface area contributed by atoms with Crippen LogP contribution in [0.5, 0.6) is 0 Å². The minimum atomic E-state index is -0.380. The monoisotopic (exact) mass is 367 g/mol. The van der Waals surface area contributed by atoms with Gasteiger partial charge in [0, 0.05) is 37.6 Å². The van der Waals surface area contributed by atoms with Crippen molar-refractivity contribution in [2.75, 3.05) is 24.7 Å². The molecule has 0 fully saturated rings. The van der Waals surface area contributed by atoms with Crippen LogP contribution in [-0.4, -0.2) is 24.9 Å². The molecule has 2 N–H and O–H groups in total. The van der Waals surface area contributed by atoms with E-state index in [4.69, 9.17) is 10.2 Å². The highest BCUT2D eigenvalue weighted by molar-refractivity contribution is 5.94. The second-order valence-electron chi connectivity index (χ2n) is 6.53. The molecule has 0 saturated carbocycles. The molecule has 1 heterocycles. The van der Waals surface area contributed by atoms with E-state index in [0.717, 1.165) is 11.3 Å². The summed E-state index contributed by atoms with van der Waals surface area (Å²) in [4.78, 5) is 16.7. The fraction of sp³-hybridized carbons (Fsp3) is 0.190. The van der Waals surface area contributed by atoms with Crippen LogP contribution < -0.4 is 10.6 Å². The van der Waals surface area contributed by atoms with Crippen molar-refractivity contribution < 1.29 is 13.6 Å². The molecule has 5 nitrogen and oxygen atoms in total. The zero-order chi connectivity index (χ0) is 19.4. The van der Waals surface area contributed by atoms with Crippen molar-refractivity contribution in [1.82, 2.24) is 4.90 Å². The molecule has 3 rings (SSSR count). The predicted molar refractivity (Wildman–Crippen MR) is 104 cm³/mol. The van der Waals surface area contributed by atoms with Crippen molar-refractivity contribution in [1.29, 1.82) is 0 Å². The van der Waals surface area contributed by atoms with Crippen LogP contribution in [0.3, 0.4) is 0 Å². The summed E-state index contributed by atoms with van der Waals surface area (Å²) in [6, 6.07) is 14.8. The second-order valence-corrected chi connectivity index (χ2v) is 6.53. The zero-order valence-corrected chi connectivity index (χ0v) is 15.4. The van der Waals surface area contributed by atoms with E-state index in [2.05, 4.69) is 0 Å². The molecule has 0 aliphatic rings. The number of carbonyl (C=O) groups excluding carboxylic acids is 1. The van der Waals surface area contributed by atoms with Crippen molar-refractivity contribution in [2.45, 2.75) is 13.1 Å². The SMILES string of the molecule is CN(C)c1ccc(N)cc1CN(Cc1ccco1)C(=O)c1ccc(F)cc1. The number of nitrogens with two attached hydrogens (primary N) is 1. The van der Waals surface area contributed by atoms with Gasteiger partial charge in [0.05, 0.1) is 12.8 Å². The third-order valence-electron chi connectivity index (χ3n) is 4.25. The van der Waals surface area contributed by atoms with E-state index in [9.17, 15) is 9.18 Å². The number of hydrogen-bond donors (Lipinski definition) is 1. The first-order chi connectivity index (χ1) is 12.9. The van der Waals surface area contributed by atoms with Gasteiger partial charge in [-0.15, -0.1) is 0 Å². The van der Waals surface area contributed by atoms with Crippen LogP contribution in [0.1, 0.15) is 21.7 Å². The molecular formula is C21H22FN3O2. The van der Waals surface area contributed by atoms with E-state index in [1.165, 1.54) is 24.3 Å². The fourth-order valence-electron chi connectivity index (χ4n) is 2.94. The molecule has 0 radical (unpaired) electrons. The van der Waals surface area contributed by atoms with Gasteiger partial charge in [-0.05, 0) is 60.2 Å². The van der Waals surface area contributed by atoms with Gasteiger partial charge in [0.1, 0.15) is 11.6 Å². The van der Waals surface area contributed by atoms with E-state index in [0.29, 0.717) is 30.1 Å². The fourth-order valence-corrected chi connectivity index (χ4v) is 2.94. The second kappa shape index (κ2) is 7.95. The van der Waals surface area contributed by atoms with Gasteiger partial charge in [-0.3, -0.25) is 4.79 Å².